The number of nitrogens with one attached hydrogen (secondary N) is 1. The first-order valence-electron chi connectivity index (χ1n) is 10.6. The molecule has 0 radical (unpaired) electrons. The van der Waals surface area contributed by atoms with Crippen LogP contribution >= 0.6 is 0 Å². The number of amides is 1. The molecule has 0 bridgehead atoms. The molecule has 4 aromatic rings. The first kappa shape index (κ1) is 20.1. The van der Waals surface area contributed by atoms with Gasteiger partial charge in [-0.15, -0.1) is 0 Å². The van der Waals surface area contributed by atoms with Crippen LogP contribution in [0, 0.1) is 0 Å². The van der Waals surface area contributed by atoms with Gasteiger partial charge in [0.1, 0.15) is 0 Å². The van der Waals surface area contributed by atoms with Crippen LogP contribution in [0.2, 0.25) is 0 Å². The highest BCUT2D eigenvalue weighted by atomic mass is 16.2. The maximum Gasteiger partial charge on any atom is 0.275 e. The van der Waals surface area contributed by atoms with Gasteiger partial charge in [0.25, 0.3) is 11.5 Å². The van der Waals surface area contributed by atoms with Crippen LogP contribution in [-0.2, 0) is 6.54 Å². The van der Waals surface area contributed by atoms with Crippen LogP contribution in [0.4, 0.5) is 0 Å². The van der Waals surface area contributed by atoms with Crippen LogP contribution in [0.3, 0.4) is 0 Å². The van der Waals surface area contributed by atoms with Gasteiger partial charge in [-0.1, -0.05) is 18.2 Å². The highest BCUT2D eigenvalue weighted by molar-refractivity contribution is 6.04. The SMILES string of the molecule is O=C(c1n[nH]c2ccccc12)N1CCN(CCn2nc(-c3ccncc3)ccc2=O)CC1. The molecule has 1 fully saturated rings. The minimum atomic E-state index is -0.123. The van der Waals surface area contributed by atoms with E-state index in [1.807, 2.05) is 41.3 Å². The minimum absolute atomic E-state index is 0.0509. The molecule has 1 N–H and O–H groups in total. The maximum absolute atomic E-state index is 12.9. The molecule has 162 valence electrons. The largest absolute Gasteiger partial charge is 0.335 e. The number of carbonyl (C=O) groups excluding carboxylic acids is 1. The molecule has 0 aliphatic carbocycles. The number of hydrogen-bond donors (Lipinski definition) is 1. The van der Waals surface area contributed by atoms with E-state index < -0.39 is 0 Å². The number of para-hydroxylation sites is 1. The number of aromatic nitrogens is 5. The monoisotopic (exact) mass is 429 g/mol. The molecule has 9 nitrogen and oxygen atoms in total. The molecule has 9 heteroatoms. The van der Waals surface area contributed by atoms with E-state index in [9.17, 15) is 9.59 Å². The summed E-state index contributed by atoms with van der Waals surface area (Å²) < 4.78 is 1.50. The molecule has 0 spiro atoms. The third-order valence-electron chi connectivity index (χ3n) is 5.80. The zero-order valence-electron chi connectivity index (χ0n) is 17.5. The van der Waals surface area contributed by atoms with Gasteiger partial charge < -0.3 is 4.90 Å². The molecular formula is C23H23N7O2. The lowest BCUT2D eigenvalue weighted by atomic mass is 10.2. The van der Waals surface area contributed by atoms with Gasteiger partial charge in [-0.3, -0.25) is 24.6 Å². The molecule has 1 aromatic carbocycles. The summed E-state index contributed by atoms with van der Waals surface area (Å²) in [7, 11) is 0. The van der Waals surface area contributed by atoms with Crippen LogP contribution in [-0.4, -0.2) is 73.4 Å². The Labute approximate surface area is 184 Å². The maximum atomic E-state index is 12.9. The van der Waals surface area contributed by atoms with E-state index in [2.05, 4.69) is 25.2 Å². The fraction of sp³-hybridized carbons (Fsp3) is 0.261. The average molecular weight is 429 g/mol. The molecule has 3 aromatic heterocycles. The number of fused-ring (bicyclic) bond motifs is 1. The van der Waals surface area contributed by atoms with Crippen molar-refractivity contribution in [3.05, 3.63) is 77.0 Å². The summed E-state index contributed by atoms with van der Waals surface area (Å²) in [6.45, 7) is 3.92. The summed E-state index contributed by atoms with van der Waals surface area (Å²) in [4.78, 5) is 33.3. The Bertz CT molecular complexity index is 1290. The number of nitrogens with zero attached hydrogens (tertiary/aromatic N) is 6. The molecule has 1 aliphatic rings. The van der Waals surface area contributed by atoms with Crippen molar-refractivity contribution in [2.45, 2.75) is 6.54 Å². The van der Waals surface area contributed by atoms with Gasteiger partial charge in [0.05, 0.1) is 17.8 Å². The van der Waals surface area contributed by atoms with Crippen molar-refractivity contribution in [1.82, 2.24) is 34.8 Å². The van der Waals surface area contributed by atoms with Crippen molar-refractivity contribution < 1.29 is 4.79 Å². The first-order valence-corrected chi connectivity index (χ1v) is 10.6. The summed E-state index contributed by atoms with van der Waals surface area (Å²) in [6, 6.07) is 14.7. The third-order valence-corrected chi connectivity index (χ3v) is 5.80. The van der Waals surface area contributed by atoms with Crippen LogP contribution in [0.5, 0.6) is 0 Å². The normalized spacial score (nSPS) is 14.7. The fourth-order valence-corrected chi connectivity index (χ4v) is 3.97. The highest BCUT2D eigenvalue weighted by Crippen LogP contribution is 2.18. The predicted molar refractivity (Wildman–Crippen MR) is 120 cm³/mol. The van der Waals surface area contributed by atoms with Crippen molar-refractivity contribution >= 4 is 16.8 Å². The van der Waals surface area contributed by atoms with E-state index in [0.717, 1.165) is 35.2 Å². The Morgan fingerprint density at radius 2 is 1.72 bits per heavy atom. The molecule has 1 amide bonds. The number of aromatic amines is 1. The Morgan fingerprint density at radius 1 is 0.938 bits per heavy atom. The topological polar surface area (TPSA) is 100 Å². The zero-order valence-corrected chi connectivity index (χ0v) is 17.5. The van der Waals surface area contributed by atoms with Crippen molar-refractivity contribution in [3.8, 4) is 11.3 Å². The number of benzene rings is 1. The van der Waals surface area contributed by atoms with E-state index in [4.69, 9.17) is 0 Å². The minimum Gasteiger partial charge on any atom is -0.335 e. The van der Waals surface area contributed by atoms with Gasteiger partial charge in [0.15, 0.2) is 5.69 Å². The van der Waals surface area contributed by atoms with Crippen LogP contribution in [0.25, 0.3) is 22.2 Å². The van der Waals surface area contributed by atoms with Gasteiger partial charge in [0.2, 0.25) is 0 Å². The van der Waals surface area contributed by atoms with Crippen molar-refractivity contribution in [2.24, 2.45) is 0 Å². The lowest BCUT2D eigenvalue weighted by Gasteiger charge is -2.34. The number of H-pyrrole nitrogens is 1. The van der Waals surface area contributed by atoms with Crippen LogP contribution in [0.15, 0.2) is 65.7 Å². The Kier molecular flexibility index (Phi) is 5.47. The highest BCUT2D eigenvalue weighted by Gasteiger charge is 2.25. The van der Waals surface area contributed by atoms with Gasteiger partial charge in [-0.2, -0.15) is 10.2 Å². The van der Waals surface area contributed by atoms with Gasteiger partial charge >= 0.3 is 0 Å². The number of rotatable bonds is 5. The predicted octanol–water partition coefficient (Wildman–Crippen LogP) is 1.64. The number of hydrogen-bond acceptors (Lipinski definition) is 6. The quantitative estimate of drug-likeness (QED) is 0.518. The summed E-state index contributed by atoms with van der Waals surface area (Å²) in [5, 5.41) is 12.5. The van der Waals surface area contributed by atoms with Crippen molar-refractivity contribution in [3.63, 3.8) is 0 Å². The molecule has 0 saturated carbocycles. The second-order valence-corrected chi connectivity index (χ2v) is 7.77. The van der Waals surface area contributed by atoms with Crippen molar-refractivity contribution in [1.29, 1.82) is 0 Å². The molecule has 4 heterocycles. The number of piperazine rings is 1. The van der Waals surface area contributed by atoms with E-state index in [1.165, 1.54) is 4.68 Å². The second-order valence-electron chi connectivity index (χ2n) is 7.77. The molecule has 0 atom stereocenters. The smallest absolute Gasteiger partial charge is 0.275 e. The standard InChI is InChI=1S/C23H23N7O2/c31-21-6-5-19(17-7-9-24-10-8-17)27-30(21)16-13-28-11-14-29(15-12-28)23(32)22-18-3-1-2-4-20(18)25-26-22/h1-10H,11-16H2,(H,25,26). The van der Waals surface area contributed by atoms with Gasteiger partial charge in [-0.05, 0) is 24.3 Å². The molecule has 5 rings (SSSR count). The third kappa shape index (κ3) is 4.02. The van der Waals surface area contributed by atoms with E-state index >= 15 is 0 Å². The Hall–Kier alpha value is -3.85. The summed E-state index contributed by atoms with van der Waals surface area (Å²) in [5.74, 6) is -0.0509. The van der Waals surface area contributed by atoms with E-state index in [1.54, 1.807) is 24.5 Å². The second kappa shape index (κ2) is 8.72. The Morgan fingerprint density at radius 3 is 2.53 bits per heavy atom. The van der Waals surface area contributed by atoms with E-state index in [0.29, 0.717) is 31.9 Å². The number of carbonyl (C=O) groups is 1. The fourth-order valence-electron chi connectivity index (χ4n) is 3.97. The van der Waals surface area contributed by atoms with Gasteiger partial charge in [0, 0.05) is 62.1 Å². The zero-order chi connectivity index (χ0) is 21.9. The summed E-state index contributed by atoms with van der Waals surface area (Å²) in [5.41, 5.74) is 2.88. The lowest BCUT2D eigenvalue weighted by Crippen LogP contribution is -2.49. The number of pyridine rings is 1. The molecule has 1 aliphatic heterocycles. The molecule has 0 unspecified atom stereocenters. The van der Waals surface area contributed by atoms with Crippen LogP contribution in [0.1, 0.15) is 10.5 Å². The summed E-state index contributed by atoms with van der Waals surface area (Å²) >= 11 is 0. The molecule has 1 saturated heterocycles. The lowest BCUT2D eigenvalue weighted by molar-refractivity contribution is 0.0627. The van der Waals surface area contributed by atoms with Crippen molar-refractivity contribution in [2.75, 3.05) is 32.7 Å². The molecule has 32 heavy (non-hydrogen) atoms. The van der Waals surface area contributed by atoms with E-state index in [-0.39, 0.29) is 11.5 Å². The first-order chi connectivity index (χ1) is 15.7. The average Bonchev–Trinajstić information content (AvgIpc) is 3.28. The summed E-state index contributed by atoms with van der Waals surface area (Å²) in [6.07, 6.45) is 3.41. The van der Waals surface area contributed by atoms with Gasteiger partial charge in [-0.25, -0.2) is 4.68 Å². The van der Waals surface area contributed by atoms with Crippen LogP contribution < -0.4 is 5.56 Å². The Balaban J connectivity index is 1.20. The molecular weight excluding hydrogens is 406 g/mol.